The maximum atomic E-state index is 12.2. The lowest BCUT2D eigenvalue weighted by molar-refractivity contribution is -0.139. The molecule has 21 nitrogen and oxygen atoms in total. The van der Waals surface area contributed by atoms with Gasteiger partial charge >= 0.3 is 17.9 Å². The number of carbonyl (C=O) groups excluding carboxylic acids is 6. The summed E-state index contributed by atoms with van der Waals surface area (Å²) in [6, 6.07) is -2.00. The second-order valence-corrected chi connectivity index (χ2v) is 19.4. The number of epoxide rings is 3. The molecule has 3 aliphatic rings. The van der Waals surface area contributed by atoms with Gasteiger partial charge in [0.05, 0.1) is 0 Å². The first kappa shape index (κ1) is 59.1. The molecule has 9 atom stereocenters. The number of carboxylic acid groups (broad SMARTS) is 3. The Morgan fingerprint density at radius 1 is 0.364 bits per heavy atom. The summed E-state index contributed by atoms with van der Waals surface area (Å²) >= 11 is 0. The summed E-state index contributed by atoms with van der Waals surface area (Å²) in [6.45, 7) is 25.8. The number of amides is 6. The second kappa shape index (κ2) is 29.0. The third-order valence-electron chi connectivity index (χ3n) is 10.1. The Morgan fingerprint density at radius 2 is 0.576 bits per heavy atom. The average Bonchev–Trinajstić information content (AvgIpc) is 4.06. The molecule has 66 heavy (non-hydrogen) atoms. The fourth-order valence-electron chi connectivity index (χ4n) is 6.19. The fourth-order valence-corrected chi connectivity index (χ4v) is 6.19. The summed E-state index contributed by atoms with van der Waals surface area (Å²) in [7, 11) is 0. The SMILES string of the molecule is CC(C)CCNC(=O)[C@H](CC(C)C)NC(=O)[C@H]1O[C@@H]1C(=O)O.CC(C)CCNC(=O)[C@H](CC(C)C)NC(=O)[C@H]1O[C@@H]1C(=O)O.CC(C)CCNC(=O)[C@H](CC(C)C)NC(=O)[C@H]1O[C@@H]1C(=O)O. The smallest absolute Gasteiger partial charge is 0.336 e. The topological polar surface area (TPSA) is 324 Å². The summed E-state index contributed by atoms with van der Waals surface area (Å²) in [5.74, 6) is -3.75. The second-order valence-electron chi connectivity index (χ2n) is 19.4. The van der Waals surface area contributed by atoms with Crippen LogP contribution in [0, 0.1) is 35.5 Å². The highest BCUT2D eigenvalue weighted by atomic mass is 16.6. The molecule has 3 fully saturated rings. The molecule has 0 aromatic rings. The van der Waals surface area contributed by atoms with Gasteiger partial charge in [0.15, 0.2) is 36.6 Å². The highest BCUT2D eigenvalue weighted by Gasteiger charge is 2.53. The summed E-state index contributed by atoms with van der Waals surface area (Å²) in [5, 5.41) is 42.4. The van der Waals surface area contributed by atoms with Crippen LogP contribution < -0.4 is 31.9 Å². The number of hydrogen-bond acceptors (Lipinski definition) is 12. The molecule has 0 spiro atoms. The largest absolute Gasteiger partial charge is 0.479 e. The Hall–Kier alpha value is -4.89. The van der Waals surface area contributed by atoms with E-state index in [-0.39, 0.29) is 35.5 Å². The lowest BCUT2D eigenvalue weighted by Crippen LogP contribution is -2.49. The van der Waals surface area contributed by atoms with E-state index < -0.39 is 90.4 Å². The summed E-state index contributed by atoms with van der Waals surface area (Å²) in [5.41, 5.74) is 0. The first-order chi connectivity index (χ1) is 30.7. The van der Waals surface area contributed by atoms with E-state index in [0.29, 0.717) is 56.7 Å². The van der Waals surface area contributed by atoms with Gasteiger partial charge in [0.1, 0.15) is 18.1 Å². The van der Waals surface area contributed by atoms with E-state index >= 15 is 0 Å². The summed E-state index contributed by atoms with van der Waals surface area (Å²) in [6.07, 6.45) is -2.20. The van der Waals surface area contributed by atoms with Crippen LogP contribution in [0.4, 0.5) is 0 Å². The Kier molecular flexibility index (Phi) is 26.0. The van der Waals surface area contributed by atoms with E-state index in [9.17, 15) is 43.2 Å². The zero-order valence-corrected chi connectivity index (χ0v) is 40.8. The van der Waals surface area contributed by atoms with E-state index in [1.54, 1.807) is 0 Å². The highest BCUT2D eigenvalue weighted by Crippen LogP contribution is 2.24. The third kappa shape index (κ3) is 24.0. The number of nitrogens with one attached hydrogen (secondary N) is 6. The number of hydrogen-bond donors (Lipinski definition) is 9. The number of aliphatic carboxylic acids is 3. The van der Waals surface area contributed by atoms with Crippen LogP contribution >= 0.6 is 0 Å². The zero-order chi connectivity index (χ0) is 50.6. The minimum atomic E-state index is -1.16. The van der Waals surface area contributed by atoms with Crippen molar-refractivity contribution in [1.82, 2.24) is 31.9 Å². The van der Waals surface area contributed by atoms with E-state index in [1.165, 1.54) is 0 Å². The van der Waals surface area contributed by atoms with Crippen LogP contribution in [0.25, 0.3) is 0 Å². The molecule has 0 aromatic carbocycles. The quantitative estimate of drug-likeness (QED) is 0.0528. The lowest BCUT2D eigenvalue weighted by Gasteiger charge is -2.20. The van der Waals surface area contributed by atoms with Crippen LogP contribution in [-0.2, 0) is 57.4 Å². The van der Waals surface area contributed by atoms with Gasteiger partial charge in [0, 0.05) is 19.6 Å². The molecule has 0 radical (unpaired) electrons. The molecule has 3 saturated heterocycles. The maximum absolute atomic E-state index is 12.2. The van der Waals surface area contributed by atoms with Gasteiger partial charge in [-0.3, -0.25) is 28.8 Å². The van der Waals surface area contributed by atoms with Gasteiger partial charge in [0.25, 0.3) is 17.7 Å². The number of carbonyl (C=O) groups is 9. The van der Waals surface area contributed by atoms with Crippen LogP contribution in [0.15, 0.2) is 0 Å². The van der Waals surface area contributed by atoms with Crippen molar-refractivity contribution in [3.05, 3.63) is 0 Å². The van der Waals surface area contributed by atoms with Gasteiger partial charge in [-0.15, -0.1) is 0 Å². The Balaban J connectivity index is 0.000000495. The first-order valence-corrected chi connectivity index (χ1v) is 23.0. The zero-order valence-electron chi connectivity index (χ0n) is 40.8. The van der Waals surface area contributed by atoms with Crippen molar-refractivity contribution >= 4 is 53.4 Å². The van der Waals surface area contributed by atoms with Gasteiger partial charge < -0.3 is 61.4 Å². The standard InChI is InChI=1S/3C15H26N2O5/c3*1-8(2)5-6-16-13(18)10(7-9(3)4)17-14(19)11-12(22-11)15(20)21/h3*8-12H,5-7H2,1-4H3,(H,16,18)(H,17,19)(H,20,21)/t3*10-,11-,12-/m000/s1. The van der Waals surface area contributed by atoms with Crippen LogP contribution in [0.5, 0.6) is 0 Å². The predicted molar refractivity (Wildman–Crippen MR) is 240 cm³/mol. The first-order valence-electron chi connectivity index (χ1n) is 23.0. The lowest BCUT2D eigenvalue weighted by atomic mass is 10.0. The molecule has 0 aliphatic carbocycles. The normalized spacial score (nSPS) is 21.5. The summed E-state index contributed by atoms with van der Waals surface area (Å²) in [4.78, 5) is 104. The van der Waals surface area contributed by atoms with Crippen molar-refractivity contribution < 1.29 is 72.7 Å². The number of rotatable bonds is 27. The molecular formula is C45H78N6O15. The average molecular weight is 943 g/mol. The maximum Gasteiger partial charge on any atom is 0.336 e. The van der Waals surface area contributed by atoms with Crippen molar-refractivity contribution in [2.75, 3.05) is 19.6 Å². The Labute approximate surface area is 388 Å². The molecular weight excluding hydrogens is 865 g/mol. The summed E-state index contributed by atoms with van der Waals surface area (Å²) < 4.78 is 14.4. The fraction of sp³-hybridized carbons (Fsp3) is 0.800. The molecule has 9 N–H and O–H groups in total. The van der Waals surface area contributed by atoms with E-state index in [1.807, 2.05) is 41.5 Å². The molecule has 0 bridgehead atoms. The van der Waals surface area contributed by atoms with Crippen molar-refractivity contribution in [3.63, 3.8) is 0 Å². The van der Waals surface area contributed by atoms with Gasteiger partial charge in [-0.25, -0.2) is 14.4 Å². The van der Waals surface area contributed by atoms with Gasteiger partial charge in [-0.05, 0) is 74.0 Å². The van der Waals surface area contributed by atoms with Gasteiger partial charge in [-0.1, -0.05) is 83.1 Å². The third-order valence-corrected chi connectivity index (χ3v) is 10.1. The van der Waals surface area contributed by atoms with Crippen LogP contribution in [0.3, 0.4) is 0 Å². The monoisotopic (exact) mass is 943 g/mol. The van der Waals surface area contributed by atoms with Crippen molar-refractivity contribution in [2.24, 2.45) is 35.5 Å². The van der Waals surface area contributed by atoms with Crippen molar-refractivity contribution in [1.29, 1.82) is 0 Å². The number of carboxylic acids is 3. The van der Waals surface area contributed by atoms with Crippen LogP contribution in [0.1, 0.15) is 122 Å². The molecule has 3 heterocycles. The Bertz CT molecular complexity index is 1450. The predicted octanol–water partition coefficient (Wildman–Crippen LogP) is 1.59. The minimum absolute atomic E-state index is 0.219. The molecule has 0 aromatic heterocycles. The van der Waals surface area contributed by atoms with E-state index in [4.69, 9.17) is 29.5 Å². The van der Waals surface area contributed by atoms with Crippen molar-refractivity contribution in [2.45, 2.75) is 176 Å². The van der Waals surface area contributed by atoms with Crippen LogP contribution in [-0.4, -0.2) is 143 Å². The highest BCUT2D eigenvalue weighted by molar-refractivity contribution is 5.96. The van der Waals surface area contributed by atoms with Crippen molar-refractivity contribution in [3.8, 4) is 0 Å². The molecule has 6 amide bonds. The van der Waals surface area contributed by atoms with E-state index in [0.717, 1.165) is 19.3 Å². The minimum Gasteiger partial charge on any atom is -0.479 e. The molecule has 3 rings (SSSR count). The Morgan fingerprint density at radius 3 is 0.727 bits per heavy atom. The van der Waals surface area contributed by atoms with Gasteiger partial charge in [-0.2, -0.15) is 0 Å². The van der Waals surface area contributed by atoms with Crippen LogP contribution in [0.2, 0.25) is 0 Å². The number of ether oxygens (including phenoxy) is 3. The molecule has 3 aliphatic heterocycles. The molecule has 0 saturated carbocycles. The van der Waals surface area contributed by atoms with Gasteiger partial charge in [0.2, 0.25) is 17.7 Å². The molecule has 21 heteroatoms. The molecule has 378 valence electrons. The molecule has 0 unspecified atom stereocenters. The van der Waals surface area contributed by atoms with E-state index in [2.05, 4.69) is 73.4 Å².